The van der Waals surface area contributed by atoms with Crippen molar-refractivity contribution in [2.75, 3.05) is 6.61 Å². The summed E-state index contributed by atoms with van der Waals surface area (Å²) in [5.41, 5.74) is 2.33. The van der Waals surface area contributed by atoms with E-state index in [1.807, 2.05) is 38.1 Å². The van der Waals surface area contributed by atoms with E-state index in [1.165, 1.54) is 0 Å². The zero-order valence-electron chi connectivity index (χ0n) is 11.5. The highest BCUT2D eigenvalue weighted by atomic mass is 16.5. The van der Waals surface area contributed by atoms with Gasteiger partial charge in [0.05, 0.1) is 24.4 Å². The van der Waals surface area contributed by atoms with Crippen molar-refractivity contribution < 1.29 is 14.6 Å². The van der Waals surface area contributed by atoms with E-state index in [0.717, 1.165) is 17.1 Å². The van der Waals surface area contributed by atoms with Crippen LogP contribution in [0.2, 0.25) is 0 Å². The van der Waals surface area contributed by atoms with Crippen LogP contribution in [-0.2, 0) is 11.2 Å². The quantitative estimate of drug-likeness (QED) is 0.872. The minimum atomic E-state index is -0.839. The first-order chi connectivity index (χ1) is 9.63. The Morgan fingerprint density at radius 1 is 1.40 bits per heavy atom. The molecule has 0 spiro atoms. The first kappa shape index (κ1) is 14.0. The van der Waals surface area contributed by atoms with Crippen LogP contribution >= 0.6 is 0 Å². The normalized spacial score (nSPS) is 10.5. The van der Waals surface area contributed by atoms with Gasteiger partial charge < -0.3 is 9.84 Å². The van der Waals surface area contributed by atoms with Gasteiger partial charge in [-0.2, -0.15) is 0 Å². The lowest BCUT2D eigenvalue weighted by atomic mass is 10.2. The van der Waals surface area contributed by atoms with E-state index in [1.54, 1.807) is 4.68 Å². The van der Waals surface area contributed by atoms with Crippen LogP contribution in [0.1, 0.15) is 24.7 Å². The molecule has 0 amide bonds. The Morgan fingerprint density at radius 2 is 2.15 bits per heavy atom. The number of carboxylic acids is 1. The predicted octanol–water partition coefficient (Wildman–Crippen LogP) is 1.99. The molecule has 0 fully saturated rings. The van der Waals surface area contributed by atoms with Crippen molar-refractivity contribution in [1.82, 2.24) is 15.0 Å². The summed E-state index contributed by atoms with van der Waals surface area (Å²) >= 11 is 0. The van der Waals surface area contributed by atoms with Gasteiger partial charge in [-0.25, -0.2) is 4.68 Å². The first-order valence-electron chi connectivity index (χ1n) is 6.48. The molecule has 6 nitrogen and oxygen atoms in total. The molecule has 0 aliphatic heterocycles. The summed E-state index contributed by atoms with van der Waals surface area (Å²) in [5.74, 6) is -0.110. The molecule has 106 valence electrons. The Labute approximate surface area is 117 Å². The molecule has 6 heteroatoms. The van der Waals surface area contributed by atoms with Gasteiger partial charge >= 0.3 is 5.97 Å². The summed E-state index contributed by atoms with van der Waals surface area (Å²) in [4.78, 5) is 10.6. The van der Waals surface area contributed by atoms with E-state index in [0.29, 0.717) is 18.7 Å². The van der Waals surface area contributed by atoms with E-state index >= 15 is 0 Å². The summed E-state index contributed by atoms with van der Waals surface area (Å²) < 4.78 is 7.25. The van der Waals surface area contributed by atoms with Crippen molar-refractivity contribution in [3.63, 3.8) is 0 Å². The number of benzene rings is 1. The first-order valence-corrected chi connectivity index (χ1v) is 6.48. The van der Waals surface area contributed by atoms with Crippen molar-refractivity contribution in [3.05, 3.63) is 35.7 Å². The van der Waals surface area contributed by atoms with Crippen LogP contribution in [0.4, 0.5) is 0 Å². The fraction of sp³-hybridized carbons (Fsp3) is 0.357. The Balaban J connectivity index is 2.32. The summed E-state index contributed by atoms with van der Waals surface area (Å²) in [5, 5.41) is 16.9. The second-order valence-corrected chi connectivity index (χ2v) is 4.33. The number of para-hydroxylation sites is 2. The van der Waals surface area contributed by atoms with Crippen molar-refractivity contribution in [1.29, 1.82) is 0 Å². The van der Waals surface area contributed by atoms with E-state index in [9.17, 15) is 4.79 Å². The zero-order chi connectivity index (χ0) is 14.5. The molecule has 0 saturated carbocycles. The average Bonchev–Trinajstić information content (AvgIpc) is 2.79. The molecule has 1 N–H and O–H groups in total. The van der Waals surface area contributed by atoms with E-state index in [-0.39, 0.29) is 6.42 Å². The van der Waals surface area contributed by atoms with Gasteiger partial charge in [0.15, 0.2) is 0 Å². The van der Waals surface area contributed by atoms with Gasteiger partial charge in [0.1, 0.15) is 11.4 Å². The largest absolute Gasteiger partial charge is 0.492 e. The summed E-state index contributed by atoms with van der Waals surface area (Å²) in [7, 11) is 0. The number of carbonyl (C=O) groups is 1. The molecule has 1 heterocycles. The number of ether oxygens (including phenoxy) is 1. The Bertz CT molecular complexity index is 607. The topological polar surface area (TPSA) is 77.2 Å². The number of hydrogen-bond donors (Lipinski definition) is 1. The molecule has 2 aromatic rings. The number of hydrogen-bond acceptors (Lipinski definition) is 4. The van der Waals surface area contributed by atoms with Gasteiger partial charge in [0.25, 0.3) is 0 Å². The van der Waals surface area contributed by atoms with Crippen molar-refractivity contribution >= 4 is 5.97 Å². The average molecular weight is 275 g/mol. The standard InChI is InChI=1S/C14H17N3O3/c1-3-20-13-7-5-4-6-12(13)17-10(2)11(15-16-17)8-9-14(18)19/h4-7H,3,8-9H2,1-2H3,(H,18,19). The van der Waals surface area contributed by atoms with Crippen LogP contribution in [0, 0.1) is 6.92 Å². The van der Waals surface area contributed by atoms with E-state index in [2.05, 4.69) is 10.3 Å². The Kier molecular flexibility index (Phi) is 4.34. The molecule has 1 aromatic heterocycles. The lowest BCUT2D eigenvalue weighted by molar-refractivity contribution is -0.136. The maximum absolute atomic E-state index is 10.6. The third-order valence-electron chi connectivity index (χ3n) is 2.96. The van der Waals surface area contributed by atoms with Crippen LogP contribution < -0.4 is 4.74 Å². The number of aliphatic carboxylic acids is 1. The van der Waals surface area contributed by atoms with Crippen LogP contribution in [0.5, 0.6) is 5.75 Å². The molecule has 0 aliphatic rings. The third-order valence-corrected chi connectivity index (χ3v) is 2.96. The van der Waals surface area contributed by atoms with Crippen molar-refractivity contribution in [2.24, 2.45) is 0 Å². The molecule has 0 unspecified atom stereocenters. The molecule has 0 bridgehead atoms. The highest BCUT2D eigenvalue weighted by molar-refractivity contribution is 5.67. The zero-order valence-corrected chi connectivity index (χ0v) is 11.5. The fourth-order valence-corrected chi connectivity index (χ4v) is 1.96. The lowest BCUT2D eigenvalue weighted by Gasteiger charge is -2.10. The summed E-state index contributed by atoms with van der Waals surface area (Å²) in [6, 6.07) is 7.56. The minimum Gasteiger partial charge on any atom is -0.492 e. The number of carboxylic acid groups (broad SMARTS) is 1. The van der Waals surface area contributed by atoms with Crippen molar-refractivity contribution in [3.8, 4) is 11.4 Å². The van der Waals surface area contributed by atoms with E-state index < -0.39 is 5.97 Å². The number of nitrogens with zero attached hydrogens (tertiary/aromatic N) is 3. The minimum absolute atomic E-state index is 0.0483. The number of aromatic nitrogens is 3. The molecular weight excluding hydrogens is 258 g/mol. The van der Waals surface area contributed by atoms with Crippen molar-refractivity contribution in [2.45, 2.75) is 26.7 Å². The smallest absolute Gasteiger partial charge is 0.303 e. The maximum atomic E-state index is 10.6. The highest BCUT2D eigenvalue weighted by Crippen LogP contribution is 2.23. The van der Waals surface area contributed by atoms with Crippen LogP contribution in [0.15, 0.2) is 24.3 Å². The predicted molar refractivity (Wildman–Crippen MR) is 73.2 cm³/mol. The summed E-state index contributed by atoms with van der Waals surface area (Å²) in [6.45, 7) is 4.36. The second kappa shape index (κ2) is 6.18. The van der Waals surface area contributed by atoms with Gasteiger partial charge in [-0.1, -0.05) is 17.3 Å². The lowest BCUT2D eigenvalue weighted by Crippen LogP contribution is -2.04. The maximum Gasteiger partial charge on any atom is 0.303 e. The van der Waals surface area contributed by atoms with Gasteiger partial charge in [-0.05, 0) is 26.0 Å². The van der Waals surface area contributed by atoms with Crippen LogP contribution in [0.25, 0.3) is 5.69 Å². The third kappa shape index (κ3) is 2.96. The monoisotopic (exact) mass is 275 g/mol. The van der Waals surface area contributed by atoms with Gasteiger partial charge in [-0.15, -0.1) is 5.10 Å². The number of rotatable bonds is 6. The Hall–Kier alpha value is -2.37. The SMILES string of the molecule is CCOc1ccccc1-n1nnc(CCC(=O)O)c1C. The van der Waals surface area contributed by atoms with Crippen LogP contribution in [0.3, 0.4) is 0 Å². The molecule has 0 radical (unpaired) electrons. The molecule has 1 aromatic carbocycles. The molecule has 0 saturated heterocycles. The summed E-state index contributed by atoms with van der Waals surface area (Å²) in [6.07, 6.45) is 0.421. The van der Waals surface area contributed by atoms with Crippen LogP contribution in [-0.4, -0.2) is 32.7 Å². The fourth-order valence-electron chi connectivity index (χ4n) is 1.96. The molecular formula is C14H17N3O3. The Morgan fingerprint density at radius 3 is 2.85 bits per heavy atom. The van der Waals surface area contributed by atoms with E-state index in [4.69, 9.17) is 9.84 Å². The molecule has 0 atom stereocenters. The molecule has 20 heavy (non-hydrogen) atoms. The van der Waals surface area contributed by atoms with Gasteiger partial charge in [0, 0.05) is 6.42 Å². The molecule has 2 rings (SSSR count). The molecule has 0 aliphatic carbocycles. The van der Waals surface area contributed by atoms with Gasteiger partial charge in [0.2, 0.25) is 0 Å². The van der Waals surface area contributed by atoms with Gasteiger partial charge in [-0.3, -0.25) is 4.79 Å². The second-order valence-electron chi connectivity index (χ2n) is 4.33. The highest BCUT2D eigenvalue weighted by Gasteiger charge is 2.14. The number of aryl methyl sites for hydroxylation is 1.